The Labute approximate surface area is 153 Å². The van der Waals surface area contributed by atoms with Crippen molar-refractivity contribution in [2.45, 2.75) is 31.7 Å². The molecule has 4 rings (SSSR count). The first-order valence-corrected chi connectivity index (χ1v) is 9.24. The average molecular weight is 352 g/mol. The van der Waals surface area contributed by atoms with Gasteiger partial charge in [-0.3, -0.25) is 4.79 Å². The molecule has 0 bridgehead atoms. The van der Waals surface area contributed by atoms with Crippen LogP contribution in [0.15, 0.2) is 42.6 Å². The van der Waals surface area contributed by atoms with Crippen LogP contribution in [0.1, 0.15) is 24.8 Å². The lowest BCUT2D eigenvalue weighted by atomic mass is 9.77. The number of methoxy groups -OCH3 is 1. The number of likely N-dealkylation sites (tertiary alicyclic amines) is 1. The average Bonchev–Trinajstić information content (AvgIpc) is 3.08. The maximum atomic E-state index is 12.8. The molecule has 1 aliphatic heterocycles. The fourth-order valence-electron chi connectivity index (χ4n) is 4.36. The maximum Gasteiger partial charge on any atom is 0.328 e. The Balaban J connectivity index is 1.61. The molecule has 0 saturated carbocycles. The molecule has 1 fully saturated rings. The van der Waals surface area contributed by atoms with Gasteiger partial charge in [-0.2, -0.15) is 0 Å². The number of fused-ring (bicyclic) bond motifs is 2. The van der Waals surface area contributed by atoms with Gasteiger partial charge in [0, 0.05) is 36.5 Å². The number of carbonyl (C=O) groups excluding carboxylic acids is 2. The van der Waals surface area contributed by atoms with Crippen molar-refractivity contribution in [3.63, 3.8) is 0 Å². The molecule has 136 valence electrons. The largest absolute Gasteiger partial charge is 0.467 e. The summed E-state index contributed by atoms with van der Waals surface area (Å²) >= 11 is 0. The molecule has 0 radical (unpaired) electrons. The zero-order chi connectivity index (χ0) is 18.1. The Kier molecular flexibility index (Phi) is 4.53. The number of hydrogen-bond donors (Lipinski definition) is 1. The van der Waals surface area contributed by atoms with Gasteiger partial charge in [0.25, 0.3) is 0 Å². The number of para-hydroxylation sites is 1. The second-order valence-electron chi connectivity index (χ2n) is 7.32. The van der Waals surface area contributed by atoms with Crippen molar-refractivity contribution >= 4 is 22.8 Å². The molecule has 26 heavy (non-hydrogen) atoms. The highest BCUT2D eigenvalue weighted by Crippen LogP contribution is 2.35. The summed E-state index contributed by atoms with van der Waals surface area (Å²) < 4.78 is 5.05. The van der Waals surface area contributed by atoms with Gasteiger partial charge in [0.05, 0.1) is 7.11 Å². The van der Waals surface area contributed by atoms with Crippen LogP contribution in [0.3, 0.4) is 0 Å². The van der Waals surface area contributed by atoms with E-state index in [1.165, 1.54) is 7.11 Å². The standard InChI is InChI=1S/C21H24N2O3/c1-26-21(25)19(10-16-12-22-18-9-5-4-8-17(16)18)23-13-15-7-3-2-6-14(15)11-20(23)24/h2-5,8-9,12,14-15,19,22H,6-7,10-11,13H2,1H3/t14-,15+,19-/m1/s1. The SMILES string of the molecule is COC(=O)[C@@H](Cc1c[nH]c2ccccc12)N1C[C@@H]2CC=CC[C@@H]2CC1=O. The van der Waals surface area contributed by atoms with Gasteiger partial charge >= 0.3 is 5.97 Å². The van der Waals surface area contributed by atoms with Crippen LogP contribution in [-0.4, -0.2) is 41.5 Å². The Hall–Kier alpha value is -2.56. The topological polar surface area (TPSA) is 62.4 Å². The minimum Gasteiger partial charge on any atom is -0.467 e. The molecule has 5 nitrogen and oxygen atoms in total. The van der Waals surface area contributed by atoms with Crippen molar-refractivity contribution in [3.05, 3.63) is 48.2 Å². The van der Waals surface area contributed by atoms with Crippen LogP contribution in [0.2, 0.25) is 0 Å². The van der Waals surface area contributed by atoms with Crippen molar-refractivity contribution in [2.75, 3.05) is 13.7 Å². The van der Waals surface area contributed by atoms with Crippen molar-refractivity contribution in [1.82, 2.24) is 9.88 Å². The number of aromatic nitrogens is 1. The Morgan fingerprint density at radius 3 is 2.85 bits per heavy atom. The summed E-state index contributed by atoms with van der Waals surface area (Å²) in [6, 6.07) is 7.44. The van der Waals surface area contributed by atoms with E-state index in [2.05, 4.69) is 17.1 Å². The van der Waals surface area contributed by atoms with Gasteiger partial charge in [0.2, 0.25) is 5.91 Å². The molecule has 0 unspecified atom stereocenters. The van der Waals surface area contributed by atoms with Crippen molar-refractivity contribution in [1.29, 1.82) is 0 Å². The van der Waals surface area contributed by atoms with Gasteiger partial charge in [-0.25, -0.2) is 4.79 Å². The number of amides is 1. The first kappa shape index (κ1) is 16.9. The van der Waals surface area contributed by atoms with Crippen molar-refractivity contribution < 1.29 is 14.3 Å². The van der Waals surface area contributed by atoms with Gasteiger partial charge < -0.3 is 14.6 Å². The lowest BCUT2D eigenvalue weighted by molar-refractivity contribution is -0.156. The fraction of sp³-hybridized carbons (Fsp3) is 0.429. The molecular weight excluding hydrogens is 328 g/mol. The molecule has 2 aliphatic rings. The number of rotatable bonds is 4. The van der Waals surface area contributed by atoms with Crippen LogP contribution in [0.5, 0.6) is 0 Å². The Bertz CT molecular complexity index is 854. The quantitative estimate of drug-likeness (QED) is 0.679. The summed E-state index contributed by atoms with van der Waals surface area (Å²) in [4.78, 5) is 30.3. The number of piperidine rings is 1. The van der Waals surface area contributed by atoms with Crippen molar-refractivity contribution in [2.24, 2.45) is 11.8 Å². The first-order valence-electron chi connectivity index (χ1n) is 9.24. The Morgan fingerprint density at radius 2 is 2.04 bits per heavy atom. The molecule has 0 spiro atoms. The molecule has 1 amide bonds. The van der Waals surface area contributed by atoms with E-state index in [0.717, 1.165) is 29.3 Å². The van der Waals surface area contributed by atoms with Gasteiger partial charge in [0.15, 0.2) is 0 Å². The van der Waals surface area contributed by atoms with Gasteiger partial charge in [0.1, 0.15) is 6.04 Å². The van der Waals surface area contributed by atoms with Crippen LogP contribution < -0.4 is 0 Å². The van der Waals surface area contributed by atoms with Crippen LogP contribution in [0.4, 0.5) is 0 Å². The summed E-state index contributed by atoms with van der Waals surface area (Å²) in [5.41, 5.74) is 2.07. The number of benzene rings is 1. The predicted octanol–water partition coefficient (Wildman–Crippen LogP) is 3.07. The third kappa shape index (κ3) is 3.02. The second-order valence-corrected chi connectivity index (χ2v) is 7.32. The summed E-state index contributed by atoms with van der Waals surface area (Å²) in [6.45, 7) is 0.635. The number of carbonyl (C=O) groups is 2. The monoisotopic (exact) mass is 352 g/mol. The summed E-state index contributed by atoms with van der Waals surface area (Å²) in [7, 11) is 1.39. The number of nitrogens with one attached hydrogen (secondary N) is 1. The molecule has 1 aromatic carbocycles. The zero-order valence-electron chi connectivity index (χ0n) is 15.0. The molecule has 1 saturated heterocycles. The Morgan fingerprint density at radius 1 is 1.27 bits per heavy atom. The molecule has 1 aromatic heterocycles. The fourth-order valence-corrected chi connectivity index (χ4v) is 4.36. The molecule has 3 atom stereocenters. The zero-order valence-corrected chi connectivity index (χ0v) is 15.0. The highest BCUT2D eigenvalue weighted by atomic mass is 16.5. The molecular formula is C21H24N2O3. The van der Waals surface area contributed by atoms with Crippen LogP contribution in [0, 0.1) is 11.8 Å². The number of ether oxygens (including phenoxy) is 1. The summed E-state index contributed by atoms with van der Waals surface area (Å²) in [5.74, 6) is 0.577. The minimum atomic E-state index is -0.571. The van der Waals surface area contributed by atoms with Crippen LogP contribution >= 0.6 is 0 Å². The highest BCUT2D eigenvalue weighted by Gasteiger charge is 2.40. The lowest BCUT2D eigenvalue weighted by Crippen LogP contribution is -2.53. The van der Waals surface area contributed by atoms with Crippen LogP contribution in [-0.2, 0) is 20.7 Å². The molecule has 2 aromatic rings. The van der Waals surface area contributed by atoms with Crippen molar-refractivity contribution in [3.8, 4) is 0 Å². The third-order valence-electron chi connectivity index (χ3n) is 5.84. The molecule has 2 heterocycles. The van der Waals surface area contributed by atoms with E-state index < -0.39 is 6.04 Å². The van der Waals surface area contributed by atoms with E-state index >= 15 is 0 Å². The molecule has 1 N–H and O–H groups in total. The van der Waals surface area contributed by atoms with Gasteiger partial charge in [-0.15, -0.1) is 0 Å². The normalized spacial score (nSPS) is 23.7. The van der Waals surface area contributed by atoms with E-state index in [0.29, 0.717) is 31.2 Å². The summed E-state index contributed by atoms with van der Waals surface area (Å²) in [5, 5.41) is 1.09. The predicted molar refractivity (Wildman–Crippen MR) is 99.5 cm³/mol. The first-order chi connectivity index (χ1) is 12.7. The smallest absolute Gasteiger partial charge is 0.328 e. The molecule has 1 aliphatic carbocycles. The number of allylic oxidation sites excluding steroid dienone is 2. The number of nitrogens with zero attached hydrogens (tertiary/aromatic N) is 1. The maximum absolute atomic E-state index is 12.8. The minimum absolute atomic E-state index is 0.0665. The van der Waals surface area contributed by atoms with Gasteiger partial charge in [-0.05, 0) is 36.3 Å². The second kappa shape index (κ2) is 6.98. The number of esters is 1. The van der Waals surface area contributed by atoms with E-state index in [9.17, 15) is 9.59 Å². The highest BCUT2D eigenvalue weighted by molar-refractivity contribution is 5.87. The third-order valence-corrected chi connectivity index (χ3v) is 5.84. The lowest BCUT2D eigenvalue weighted by Gasteiger charge is -2.42. The van der Waals surface area contributed by atoms with E-state index in [-0.39, 0.29) is 11.9 Å². The van der Waals surface area contributed by atoms with Crippen LogP contribution in [0.25, 0.3) is 10.9 Å². The number of H-pyrrole nitrogens is 1. The number of aromatic amines is 1. The van der Waals surface area contributed by atoms with E-state index in [1.807, 2.05) is 30.5 Å². The number of hydrogen-bond acceptors (Lipinski definition) is 3. The van der Waals surface area contributed by atoms with Gasteiger partial charge in [-0.1, -0.05) is 30.4 Å². The van der Waals surface area contributed by atoms with E-state index in [4.69, 9.17) is 4.74 Å². The van der Waals surface area contributed by atoms with E-state index in [1.54, 1.807) is 4.90 Å². The summed E-state index contributed by atoms with van der Waals surface area (Å²) in [6.07, 6.45) is 9.24. The molecule has 5 heteroatoms.